The molecule has 1 spiro atoms. The predicted molar refractivity (Wildman–Crippen MR) is 119 cm³/mol. The summed E-state index contributed by atoms with van der Waals surface area (Å²) < 4.78 is 41.4. The van der Waals surface area contributed by atoms with E-state index >= 15 is 0 Å². The van der Waals surface area contributed by atoms with Gasteiger partial charge < -0.3 is 0 Å². The monoisotopic (exact) mass is 431 g/mol. The van der Waals surface area contributed by atoms with Gasteiger partial charge in [0.2, 0.25) is 10.0 Å². The number of hydrogen-bond acceptors (Lipinski definition) is 3. The van der Waals surface area contributed by atoms with E-state index in [9.17, 15) is 17.6 Å². The van der Waals surface area contributed by atoms with Gasteiger partial charge in [0, 0.05) is 5.56 Å². The second-order valence-corrected chi connectivity index (χ2v) is 9.51. The van der Waals surface area contributed by atoms with Gasteiger partial charge in [0.1, 0.15) is 5.82 Å². The van der Waals surface area contributed by atoms with Gasteiger partial charge in [0.05, 0.1) is 23.1 Å². The Morgan fingerprint density at radius 3 is 2.35 bits per heavy atom. The second-order valence-electron chi connectivity index (χ2n) is 7.68. The molecule has 0 unspecified atom stereocenters. The summed E-state index contributed by atoms with van der Waals surface area (Å²) >= 11 is 0. The molecule has 0 fully saturated rings. The molecule has 0 radical (unpaired) electrons. The van der Waals surface area contributed by atoms with Crippen LogP contribution in [0.1, 0.15) is 27.0 Å². The van der Waals surface area contributed by atoms with Crippen molar-refractivity contribution in [2.75, 3.05) is 10.6 Å². The molecule has 3 aromatic rings. The maximum absolute atomic E-state index is 14.1. The van der Waals surface area contributed by atoms with Crippen molar-refractivity contribution in [3.05, 3.63) is 119 Å². The van der Waals surface area contributed by atoms with Crippen molar-refractivity contribution >= 4 is 27.6 Å². The number of anilines is 1. The standard InChI is InChI=1S/C25H18FNO3S/c1-31(29,30)27(19-9-6-8-18(26)16-19)24-15-17-7-2-4-11-21(17)25(24)14-13-23(28)20-10-3-5-12-22(20)25/h2-16H,1H3/t25-/m0/s1. The largest absolute Gasteiger partial charge is 0.289 e. The van der Waals surface area contributed by atoms with Gasteiger partial charge in [-0.2, -0.15) is 0 Å². The van der Waals surface area contributed by atoms with Crippen LogP contribution in [0.25, 0.3) is 6.08 Å². The number of carbonyl (C=O) groups excluding carboxylic acids is 1. The molecular weight excluding hydrogens is 413 g/mol. The molecule has 2 aliphatic carbocycles. The SMILES string of the molecule is CS(=O)(=O)N(C1=Cc2ccccc2[C@]12C=CC(=O)c1ccccc12)c1cccc(F)c1. The lowest BCUT2D eigenvalue weighted by molar-refractivity contribution is 0.104. The van der Waals surface area contributed by atoms with Crippen molar-refractivity contribution in [2.45, 2.75) is 5.41 Å². The summed E-state index contributed by atoms with van der Waals surface area (Å²) in [5.74, 6) is -0.673. The summed E-state index contributed by atoms with van der Waals surface area (Å²) in [7, 11) is -3.85. The van der Waals surface area contributed by atoms with Crippen LogP contribution in [-0.2, 0) is 15.4 Å². The molecule has 0 N–H and O–H groups in total. The Bertz CT molecular complexity index is 1410. The number of carbonyl (C=O) groups is 1. The summed E-state index contributed by atoms with van der Waals surface area (Å²) in [5.41, 5.74) is 2.55. The number of hydrogen-bond donors (Lipinski definition) is 0. The third-order valence-electron chi connectivity index (χ3n) is 5.78. The number of benzene rings is 3. The lowest BCUT2D eigenvalue weighted by Gasteiger charge is -2.39. The molecule has 0 saturated carbocycles. The second kappa shape index (κ2) is 6.75. The molecule has 6 heteroatoms. The Hall–Kier alpha value is -3.51. The molecule has 0 bridgehead atoms. The van der Waals surface area contributed by atoms with Crippen molar-refractivity contribution in [1.82, 2.24) is 0 Å². The summed E-state index contributed by atoms with van der Waals surface area (Å²) in [6, 6.07) is 20.3. The third kappa shape index (κ3) is 2.86. The van der Waals surface area contributed by atoms with Gasteiger partial charge in [-0.25, -0.2) is 17.1 Å². The van der Waals surface area contributed by atoms with Crippen molar-refractivity contribution in [3.63, 3.8) is 0 Å². The van der Waals surface area contributed by atoms with Crippen LogP contribution in [0.2, 0.25) is 0 Å². The number of nitrogens with zero attached hydrogens (tertiary/aromatic N) is 1. The molecule has 0 aromatic heterocycles. The smallest absolute Gasteiger partial charge is 0.236 e. The molecule has 154 valence electrons. The van der Waals surface area contributed by atoms with Crippen LogP contribution in [0.3, 0.4) is 0 Å². The first-order valence-electron chi connectivity index (χ1n) is 9.73. The highest BCUT2D eigenvalue weighted by Crippen LogP contribution is 2.52. The molecule has 1 atom stereocenters. The molecule has 0 saturated heterocycles. The highest BCUT2D eigenvalue weighted by atomic mass is 32.2. The molecular formula is C25H18FNO3S. The molecule has 31 heavy (non-hydrogen) atoms. The lowest BCUT2D eigenvalue weighted by Crippen LogP contribution is -2.41. The van der Waals surface area contributed by atoms with Crippen molar-refractivity contribution in [3.8, 4) is 0 Å². The summed E-state index contributed by atoms with van der Waals surface area (Å²) in [6.07, 6.45) is 6.15. The van der Waals surface area contributed by atoms with Crippen LogP contribution in [-0.4, -0.2) is 20.5 Å². The highest BCUT2D eigenvalue weighted by molar-refractivity contribution is 7.92. The summed E-state index contributed by atoms with van der Waals surface area (Å²) in [5, 5.41) is 0. The average Bonchev–Trinajstić information content (AvgIpc) is 3.05. The van der Waals surface area contributed by atoms with Gasteiger partial charge in [0.15, 0.2) is 5.78 Å². The maximum Gasteiger partial charge on any atom is 0.236 e. The minimum atomic E-state index is -3.85. The van der Waals surface area contributed by atoms with Crippen LogP contribution in [0, 0.1) is 5.82 Å². The maximum atomic E-state index is 14.1. The van der Waals surface area contributed by atoms with Crippen LogP contribution in [0.4, 0.5) is 10.1 Å². The van der Waals surface area contributed by atoms with Gasteiger partial charge in [-0.1, -0.05) is 60.7 Å². The highest BCUT2D eigenvalue weighted by Gasteiger charge is 2.49. The van der Waals surface area contributed by atoms with E-state index in [-0.39, 0.29) is 11.5 Å². The van der Waals surface area contributed by atoms with Crippen molar-refractivity contribution in [2.24, 2.45) is 0 Å². The van der Waals surface area contributed by atoms with E-state index in [1.807, 2.05) is 36.4 Å². The Morgan fingerprint density at radius 2 is 1.61 bits per heavy atom. The first kappa shape index (κ1) is 19.5. The topological polar surface area (TPSA) is 54.5 Å². The Kier molecular flexibility index (Phi) is 4.24. The number of rotatable bonds is 3. The fraction of sp³-hybridized carbons (Fsp3) is 0.0800. The minimum absolute atomic E-state index is 0.137. The molecule has 5 rings (SSSR count). The Balaban J connectivity index is 1.87. The van der Waals surface area contributed by atoms with Crippen molar-refractivity contribution < 1.29 is 17.6 Å². The number of allylic oxidation sites excluding steroid dienone is 2. The Morgan fingerprint density at radius 1 is 0.903 bits per heavy atom. The predicted octanol–water partition coefficient (Wildman–Crippen LogP) is 4.69. The number of fused-ring (bicyclic) bond motifs is 4. The van der Waals surface area contributed by atoms with Crippen LogP contribution in [0.5, 0.6) is 0 Å². The van der Waals surface area contributed by atoms with Crippen LogP contribution >= 0.6 is 0 Å². The first-order chi connectivity index (χ1) is 14.8. The summed E-state index contributed by atoms with van der Waals surface area (Å²) in [4.78, 5) is 12.6. The zero-order valence-corrected chi connectivity index (χ0v) is 17.4. The van der Waals surface area contributed by atoms with Gasteiger partial charge in [0.25, 0.3) is 0 Å². The van der Waals surface area contributed by atoms with E-state index in [0.29, 0.717) is 16.8 Å². The summed E-state index contributed by atoms with van der Waals surface area (Å²) in [6.45, 7) is 0. The van der Waals surface area contributed by atoms with Gasteiger partial charge >= 0.3 is 0 Å². The number of sulfonamides is 1. The zero-order valence-electron chi connectivity index (χ0n) is 16.6. The normalized spacial score (nSPS) is 19.2. The van der Waals surface area contributed by atoms with Crippen molar-refractivity contribution in [1.29, 1.82) is 0 Å². The van der Waals surface area contributed by atoms with Gasteiger partial charge in [-0.15, -0.1) is 0 Å². The molecule has 3 aromatic carbocycles. The number of ketones is 1. The van der Waals surface area contributed by atoms with E-state index in [0.717, 1.165) is 17.4 Å². The van der Waals surface area contributed by atoms with E-state index in [1.165, 1.54) is 28.6 Å². The fourth-order valence-corrected chi connectivity index (χ4v) is 5.64. The van der Waals surface area contributed by atoms with Gasteiger partial charge in [-0.3, -0.25) is 4.79 Å². The average molecular weight is 431 g/mol. The van der Waals surface area contributed by atoms with E-state index < -0.39 is 21.3 Å². The molecule has 0 amide bonds. The van der Waals surface area contributed by atoms with E-state index in [2.05, 4.69) is 0 Å². The third-order valence-corrected chi connectivity index (χ3v) is 6.85. The quantitative estimate of drug-likeness (QED) is 0.605. The molecule has 0 aliphatic heterocycles. The van der Waals surface area contributed by atoms with Crippen LogP contribution in [0.15, 0.2) is 90.6 Å². The number of halogens is 1. The first-order valence-corrected chi connectivity index (χ1v) is 11.6. The Labute approximate surface area is 180 Å². The van der Waals surface area contributed by atoms with Crippen LogP contribution < -0.4 is 4.31 Å². The minimum Gasteiger partial charge on any atom is -0.289 e. The molecule has 4 nitrogen and oxygen atoms in total. The van der Waals surface area contributed by atoms with E-state index in [4.69, 9.17) is 0 Å². The lowest BCUT2D eigenvalue weighted by atomic mass is 9.69. The molecule has 2 aliphatic rings. The zero-order chi connectivity index (χ0) is 21.8. The van der Waals surface area contributed by atoms with E-state index in [1.54, 1.807) is 30.4 Å². The molecule has 0 heterocycles. The fourth-order valence-electron chi connectivity index (χ4n) is 4.59. The van der Waals surface area contributed by atoms with Gasteiger partial charge in [-0.05, 0) is 47.0 Å².